The van der Waals surface area contributed by atoms with Crippen LogP contribution < -0.4 is 10.6 Å². The Balaban J connectivity index is 2.25. The maximum Gasteiger partial charge on any atom is 0.256 e. The number of halogens is 1. The quantitative estimate of drug-likeness (QED) is 0.781. The highest BCUT2D eigenvalue weighted by Crippen LogP contribution is 2.20. The van der Waals surface area contributed by atoms with Gasteiger partial charge in [-0.05, 0) is 13.0 Å². The molecule has 3 amide bonds. The van der Waals surface area contributed by atoms with Gasteiger partial charge in [0.2, 0.25) is 11.8 Å². The highest BCUT2D eigenvalue weighted by molar-refractivity contribution is 6.33. The van der Waals surface area contributed by atoms with Crippen molar-refractivity contribution in [2.75, 3.05) is 25.0 Å². The number of carbonyl (C=O) groups is 3. The first-order chi connectivity index (χ1) is 9.51. The van der Waals surface area contributed by atoms with Crippen molar-refractivity contribution in [1.82, 2.24) is 15.2 Å². The Morgan fingerprint density at radius 3 is 2.70 bits per heavy atom. The minimum absolute atomic E-state index is 0.167. The fourth-order valence-corrected chi connectivity index (χ4v) is 2.02. The monoisotopic (exact) mass is 296 g/mol. The van der Waals surface area contributed by atoms with Crippen LogP contribution in [0.25, 0.3) is 0 Å². The first-order valence-corrected chi connectivity index (χ1v) is 6.40. The number of hydrogen-bond acceptors (Lipinski definition) is 5. The van der Waals surface area contributed by atoms with Gasteiger partial charge in [0.1, 0.15) is 18.9 Å². The predicted molar refractivity (Wildman–Crippen MR) is 72.5 cm³/mol. The average Bonchev–Trinajstić information content (AvgIpc) is 2.39. The highest BCUT2D eigenvalue weighted by Gasteiger charge is 2.28. The molecular weight excluding hydrogens is 284 g/mol. The van der Waals surface area contributed by atoms with Gasteiger partial charge >= 0.3 is 0 Å². The third-order valence-electron chi connectivity index (χ3n) is 2.68. The summed E-state index contributed by atoms with van der Waals surface area (Å²) in [4.78, 5) is 40.1. The van der Waals surface area contributed by atoms with Crippen LogP contribution in [-0.4, -0.2) is 47.2 Å². The lowest BCUT2D eigenvalue weighted by atomic mass is 10.2. The van der Waals surface area contributed by atoms with E-state index in [1.54, 1.807) is 0 Å². The van der Waals surface area contributed by atoms with Crippen molar-refractivity contribution in [2.45, 2.75) is 6.92 Å². The second-order valence-corrected chi connectivity index (χ2v) is 4.62. The van der Waals surface area contributed by atoms with Crippen molar-refractivity contribution >= 4 is 35.1 Å². The third-order valence-corrected chi connectivity index (χ3v) is 2.98. The summed E-state index contributed by atoms with van der Waals surface area (Å²) in [6, 6.07) is 1.51. The number of carbonyl (C=O) groups excluding carboxylic acids is 3. The van der Waals surface area contributed by atoms with Crippen LogP contribution in [0.3, 0.4) is 0 Å². The van der Waals surface area contributed by atoms with Crippen LogP contribution in [0.2, 0.25) is 5.02 Å². The number of amides is 3. The first kappa shape index (κ1) is 14.3. The van der Waals surface area contributed by atoms with Crippen LogP contribution in [0.5, 0.6) is 0 Å². The molecule has 1 aliphatic rings. The average molecular weight is 297 g/mol. The lowest BCUT2D eigenvalue weighted by molar-refractivity contribution is -0.135. The molecule has 1 aromatic rings. The molecular formula is C12H13ClN4O3. The van der Waals surface area contributed by atoms with Gasteiger partial charge in [0, 0.05) is 12.7 Å². The molecule has 2 heterocycles. The molecule has 2 N–H and O–H groups in total. The van der Waals surface area contributed by atoms with Gasteiger partial charge in [0.05, 0.1) is 10.6 Å². The van der Waals surface area contributed by atoms with Crippen LogP contribution in [0, 0.1) is 0 Å². The number of nitrogens with zero attached hydrogens (tertiary/aromatic N) is 2. The Bertz CT molecular complexity index is 560. The molecule has 8 heteroatoms. The molecule has 106 valence electrons. The van der Waals surface area contributed by atoms with Gasteiger partial charge in [-0.1, -0.05) is 11.6 Å². The van der Waals surface area contributed by atoms with Crippen molar-refractivity contribution in [3.63, 3.8) is 0 Å². The largest absolute Gasteiger partial charge is 0.370 e. The van der Waals surface area contributed by atoms with E-state index in [1.807, 2.05) is 6.92 Å². The molecule has 0 aromatic carbocycles. The normalized spacial score (nSPS) is 15.0. The molecule has 0 atom stereocenters. The van der Waals surface area contributed by atoms with Gasteiger partial charge in [-0.25, -0.2) is 4.98 Å². The summed E-state index contributed by atoms with van der Waals surface area (Å²) in [7, 11) is 0. The van der Waals surface area contributed by atoms with Gasteiger partial charge in [0.15, 0.2) is 0 Å². The fourth-order valence-electron chi connectivity index (χ4n) is 1.83. The molecule has 0 saturated carbocycles. The zero-order valence-electron chi connectivity index (χ0n) is 10.8. The van der Waals surface area contributed by atoms with Crippen LogP contribution in [0.15, 0.2) is 12.3 Å². The maximum absolute atomic E-state index is 12.3. The van der Waals surface area contributed by atoms with E-state index in [2.05, 4.69) is 15.6 Å². The van der Waals surface area contributed by atoms with Crippen LogP contribution in [0.1, 0.15) is 17.3 Å². The Morgan fingerprint density at radius 1 is 1.45 bits per heavy atom. The molecule has 2 rings (SSSR count). The zero-order chi connectivity index (χ0) is 14.7. The second kappa shape index (κ2) is 5.87. The van der Waals surface area contributed by atoms with Crippen molar-refractivity contribution in [3.8, 4) is 0 Å². The van der Waals surface area contributed by atoms with Crippen LogP contribution in [0.4, 0.5) is 5.82 Å². The predicted octanol–water partition coefficient (Wildman–Crippen LogP) is 0.265. The Labute approximate surface area is 120 Å². The van der Waals surface area contributed by atoms with Gasteiger partial charge in [-0.3, -0.25) is 19.7 Å². The summed E-state index contributed by atoms with van der Waals surface area (Å²) in [6.07, 6.45) is 1.36. The van der Waals surface area contributed by atoms with E-state index in [9.17, 15) is 14.4 Å². The Morgan fingerprint density at radius 2 is 2.10 bits per heavy atom. The molecule has 1 aromatic heterocycles. The molecule has 0 bridgehead atoms. The van der Waals surface area contributed by atoms with Crippen molar-refractivity contribution in [2.24, 2.45) is 0 Å². The van der Waals surface area contributed by atoms with E-state index in [0.29, 0.717) is 12.4 Å². The lowest BCUT2D eigenvalue weighted by Crippen LogP contribution is -2.53. The smallest absolute Gasteiger partial charge is 0.256 e. The number of hydrogen-bond donors (Lipinski definition) is 2. The van der Waals surface area contributed by atoms with E-state index in [-0.39, 0.29) is 23.7 Å². The number of rotatable bonds is 3. The van der Waals surface area contributed by atoms with Gasteiger partial charge in [-0.15, -0.1) is 0 Å². The fraction of sp³-hybridized carbons (Fsp3) is 0.333. The van der Waals surface area contributed by atoms with Crippen molar-refractivity contribution in [1.29, 1.82) is 0 Å². The SMILES string of the molecule is CCNc1cc(C(=O)N2CC(=O)NC(=O)C2)c(Cl)cn1. The van der Waals surface area contributed by atoms with Gasteiger partial charge in [0.25, 0.3) is 5.91 Å². The molecule has 1 aliphatic heterocycles. The van der Waals surface area contributed by atoms with Gasteiger partial charge in [-0.2, -0.15) is 0 Å². The summed E-state index contributed by atoms with van der Waals surface area (Å²) in [5, 5.41) is 5.27. The van der Waals surface area contributed by atoms with Gasteiger partial charge < -0.3 is 10.2 Å². The summed E-state index contributed by atoms with van der Waals surface area (Å²) < 4.78 is 0. The number of imide groups is 1. The Kier molecular flexibility index (Phi) is 4.19. The topological polar surface area (TPSA) is 91.4 Å². The third kappa shape index (κ3) is 3.05. The molecule has 0 aliphatic carbocycles. The molecule has 0 spiro atoms. The maximum atomic E-state index is 12.3. The number of pyridine rings is 1. The Hall–Kier alpha value is -2.15. The van der Waals surface area contributed by atoms with E-state index in [4.69, 9.17) is 11.6 Å². The molecule has 20 heavy (non-hydrogen) atoms. The minimum Gasteiger partial charge on any atom is -0.370 e. The van der Waals surface area contributed by atoms with Crippen LogP contribution >= 0.6 is 11.6 Å². The van der Waals surface area contributed by atoms with E-state index >= 15 is 0 Å². The van der Waals surface area contributed by atoms with Crippen LogP contribution in [-0.2, 0) is 9.59 Å². The number of aromatic nitrogens is 1. The lowest BCUT2D eigenvalue weighted by Gasteiger charge is -2.25. The molecule has 1 fully saturated rings. The van der Waals surface area contributed by atoms with Crippen molar-refractivity contribution in [3.05, 3.63) is 22.8 Å². The highest BCUT2D eigenvalue weighted by atomic mass is 35.5. The summed E-state index contributed by atoms with van der Waals surface area (Å²) >= 11 is 5.96. The molecule has 7 nitrogen and oxygen atoms in total. The number of nitrogens with one attached hydrogen (secondary N) is 2. The molecule has 1 saturated heterocycles. The van der Waals surface area contributed by atoms with E-state index in [1.165, 1.54) is 12.3 Å². The van der Waals surface area contributed by atoms with E-state index in [0.717, 1.165) is 4.90 Å². The summed E-state index contributed by atoms with van der Waals surface area (Å²) in [6.45, 7) is 2.21. The number of piperazine rings is 1. The zero-order valence-corrected chi connectivity index (χ0v) is 11.5. The standard InChI is InChI=1S/C12H13ClN4O3/c1-2-14-9-3-7(8(13)4-15-9)12(20)17-5-10(18)16-11(19)6-17/h3-4H,2,5-6H2,1H3,(H,14,15)(H,16,18,19). The molecule has 0 radical (unpaired) electrons. The van der Waals surface area contributed by atoms with Crippen molar-refractivity contribution < 1.29 is 14.4 Å². The molecule has 0 unspecified atom stereocenters. The summed E-state index contributed by atoms with van der Waals surface area (Å²) in [5.41, 5.74) is 0.208. The summed E-state index contributed by atoms with van der Waals surface area (Å²) in [5.74, 6) is -0.980. The van der Waals surface area contributed by atoms with E-state index < -0.39 is 17.7 Å². The second-order valence-electron chi connectivity index (χ2n) is 4.21. The number of anilines is 1. The first-order valence-electron chi connectivity index (χ1n) is 6.02. The minimum atomic E-state index is -0.508.